The Kier molecular flexibility index (Phi) is 7.16. The molecule has 0 unspecified atom stereocenters. The summed E-state index contributed by atoms with van der Waals surface area (Å²) in [4.78, 5) is 27.1. The van der Waals surface area contributed by atoms with Gasteiger partial charge in [-0.3, -0.25) is 14.5 Å². The first kappa shape index (κ1) is 22.1. The lowest BCUT2D eigenvalue weighted by Crippen LogP contribution is -2.51. The lowest BCUT2D eigenvalue weighted by molar-refractivity contribution is -0.126. The zero-order valence-corrected chi connectivity index (χ0v) is 18.8. The van der Waals surface area contributed by atoms with E-state index in [0.717, 1.165) is 30.0 Å². The van der Waals surface area contributed by atoms with E-state index in [1.807, 2.05) is 24.3 Å². The Morgan fingerprint density at radius 2 is 1.61 bits per heavy atom. The molecule has 2 aromatic rings. The average Bonchev–Trinajstić information content (AvgIpc) is 2.96. The van der Waals surface area contributed by atoms with Crippen LogP contribution in [-0.4, -0.2) is 41.4 Å². The average molecular weight is 460 g/mol. The fraction of sp³-hybridized carbons (Fsp3) is 0.417. The van der Waals surface area contributed by atoms with Gasteiger partial charge in [0.25, 0.3) is 0 Å². The number of nitrogens with one attached hydrogen (secondary N) is 2. The van der Waals surface area contributed by atoms with E-state index >= 15 is 0 Å². The molecule has 2 N–H and O–H groups in total. The summed E-state index contributed by atoms with van der Waals surface area (Å²) in [7, 11) is 0. The third-order valence-electron chi connectivity index (χ3n) is 6.23. The van der Waals surface area contributed by atoms with Gasteiger partial charge in [0.1, 0.15) is 0 Å². The minimum absolute atomic E-state index is 0.000276. The van der Waals surface area contributed by atoms with E-state index in [9.17, 15) is 9.59 Å². The van der Waals surface area contributed by atoms with Crippen molar-refractivity contribution in [3.05, 3.63) is 69.7 Å². The first-order chi connectivity index (χ1) is 15.0. The van der Waals surface area contributed by atoms with Gasteiger partial charge in [0, 0.05) is 34.7 Å². The number of nitrogens with zero attached hydrogens (tertiary/aromatic N) is 1. The van der Waals surface area contributed by atoms with Crippen LogP contribution in [0.2, 0.25) is 10.0 Å². The maximum absolute atomic E-state index is 12.4. The Hall–Kier alpha value is -2.08. The maximum atomic E-state index is 12.4. The van der Waals surface area contributed by atoms with Gasteiger partial charge in [0.2, 0.25) is 11.8 Å². The highest BCUT2D eigenvalue weighted by Gasteiger charge is 2.40. The van der Waals surface area contributed by atoms with Crippen molar-refractivity contribution in [1.82, 2.24) is 15.5 Å². The molecular formula is C24H27Cl2N3O2. The molecule has 0 spiro atoms. The number of benzene rings is 2. The molecule has 0 aromatic heterocycles. The molecule has 2 fully saturated rings. The maximum Gasteiger partial charge on any atom is 0.239 e. The monoisotopic (exact) mass is 459 g/mol. The zero-order chi connectivity index (χ0) is 21.8. The third kappa shape index (κ3) is 6.00. The van der Waals surface area contributed by atoms with Crippen molar-refractivity contribution in [2.24, 2.45) is 0 Å². The summed E-state index contributed by atoms with van der Waals surface area (Å²) in [5.74, 6) is -0.315. The normalized spacial score (nSPS) is 22.8. The highest BCUT2D eigenvalue weighted by atomic mass is 35.5. The number of amides is 2. The van der Waals surface area contributed by atoms with Gasteiger partial charge in [-0.25, -0.2) is 0 Å². The second-order valence-corrected chi connectivity index (χ2v) is 9.38. The van der Waals surface area contributed by atoms with Crippen LogP contribution < -0.4 is 10.6 Å². The van der Waals surface area contributed by atoms with Crippen LogP contribution in [0.15, 0.2) is 48.5 Å². The molecule has 0 saturated carbocycles. The van der Waals surface area contributed by atoms with Crippen molar-refractivity contribution >= 4 is 35.0 Å². The molecule has 2 heterocycles. The van der Waals surface area contributed by atoms with E-state index in [4.69, 9.17) is 23.2 Å². The van der Waals surface area contributed by atoms with Crippen molar-refractivity contribution in [1.29, 1.82) is 0 Å². The Morgan fingerprint density at radius 1 is 0.903 bits per heavy atom. The van der Waals surface area contributed by atoms with Crippen LogP contribution in [0.3, 0.4) is 0 Å². The summed E-state index contributed by atoms with van der Waals surface area (Å²) in [5, 5.41) is 7.18. The van der Waals surface area contributed by atoms with Crippen LogP contribution in [0.1, 0.15) is 36.8 Å². The molecule has 2 aromatic carbocycles. The van der Waals surface area contributed by atoms with Crippen molar-refractivity contribution in [2.45, 2.75) is 56.8 Å². The topological polar surface area (TPSA) is 61.4 Å². The van der Waals surface area contributed by atoms with Crippen molar-refractivity contribution in [2.75, 3.05) is 6.54 Å². The highest BCUT2D eigenvalue weighted by molar-refractivity contribution is 6.30. The molecule has 2 bridgehead atoms. The fourth-order valence-corrected chi connectivity index (χ4v) is 5.14. The van der Waals surface area contributed by atoms with Gasteiger partial charge >= 0.3 is 0 Å². The largest absolute Gasteiger partial charge is 0.352 e. The Balaban J connectivity index is 1.22. The van der Waals surface area contributed by atoms with Gasteiger partial charge in [0.15, 0.2) is 0 Å². The van der Waals surface area contributed by atoms with Crippen LogP contribution in [0.5, 0.6) is 0 Å². The van der Waals surface area contributed by atoms with E-state index < -0.39 is 0 Å². The van der Waals surface area contributed by atoms with Gasteiger partial charge in [-0.1, -0.05) is 47.5 Å². The summed E-state index contributed by atoms with van der Waals surface area (Å²) >= 11 is 11.9. The van der Waals surface area contributed by atoms with Crippen molar-refractivity contribution in [3.8, 4) is 0 Å². The molecule has 0 aliphatic carbocycles. The van der Waals surface area contributed by atoms with E-state index in [2.05, 4.69) is 27.7 Å². The van der Waals surface area contributed by atoms with Crippen molar-refractivity contribution in [3.63, 3.8) is 0 Å². The minimum atomic E-state index is -0.185. The van der Waals surface area contributed by atoms with E-state index in [1.54, 1.807) is 12.1 Å². The molecule has 3 atom stereocenters. The number of carbonyl (C=O) groups excluding carboxylic acids is 2. The van der Waals surface area contributed by atoms with Crippen LogP contribution >= 0.6 is 23.2 Å². The smallest absolute Gasteiger partial charge is 0.239 e. The number of piperidine rings is 1. The van der Waals surface area contributed by atoms with Gasteiger partial charge < -0.3 is 10.6 Å². The standard InChI is InChI=1S/C24H27Cl2N3O2/c25-18-6-4-16(5-7-18)15-29-21-8-9-22(29)13-20(12-21)28-24(31)14-27-23(30)11-17-2-1-3-19(26)10-17/h1-7,10,20-22H,8-9,11-15H2,(H,27,30)(H,28,31)/t20-,21+,22-. The lowest BCUT2D eigenvalue weighted by atomic mass is 9.96. The number of carbonyl (C=O) groups is 2. The SMILES string of the molecule is O=C(Cc1cccc(Cl)c1)NCC(=O)N[C@H]1C[C@H]2CC[C@@H](C1)N2Cc1ccc(Cl)cc1. The van der Waals surface area contributed by atoms with E-state index in [0.29, 0.717) is 17.1 Å². The lowest BCUT2D eigenvalue weighted by Gasteiger charge is -2.39. The summed E-state index contributed by atoms with van der Waals surface area (Å²) < 4.78 is 0. The number of fused-ring (bicyclic) bond motifs is 2. The second-order valence-electron chi connectivity index (χ2n) is 8.50. The number of rotatable bonds is 7. The minimum Gasteiger partial charge on any atom is -0.352 e. The second kappa shape index (κ2) is 10.0. The van der Waals surface area contributed by atoms with Crippen LogP contribution in [-0.2, 0) is 22.6 Å². The van der Waals surface area contributed by atoms with Gasteiger partial charge in [-0.05, 0) is 61.1 Å². The zero-order valence-electron chi connectivity index (χ0n) is 17.3. The van der Waals surface area contributed by atoms with E-state index in [1.165, 1.54) is 18.4 Å². The molecule has 164 valence electrons. The Morgan fingerprint density at radius 3 is 2.29 bits per heavy atom. The summed E-state index contributed by atoms with van der Waals surface area (Å²) in [5.41, 5.74) is 2.10. The van der Waals surface area contributed by atoms with Gasteiger partial charge in [-0.2, -0.15) is 0 Å². The first-order valence-electron chi connectivity index (χ1n) is 10.8. The van der Waals surface area contributed by atoms with E-state index in [-0.39, 0.29) is 30.8 Å². The molecule has 2 aliphatic heterocycles. The molecule has 31 heavy (non-hydrogen) atoms. The molecule has 7 heteroatoms. The summed E-state index contributed by atoms with van der Waals surface area (Å²) in [6, 6.07) is 16.4. The summed E-state index contributed by atoms with van der Waals surface area (Å²) in [6.45, 7) is 0.923. The molecule has 5 nitrogen and oxygen atoms in total. The van der Waals surface area contributed by atoms with Gasteiger partial charge in [0.05, 0.1) is 13.0 Å². The number of hydrogen-bond donors (Lipinski definition) is 2. The molecule has 0 radical (unpaired) electrons. The van der Waals surface area contributed by atoms with Gasteiger partial charge in [-0.15, -0.1) is 0 Å². The molecule has 2 aliphatic rings. The molecule has 2 amide bonds. The molecule has 4 rings (SSSR count). The van der Waals surface area contributed by atoms with Crippen LogP contribution in [0.4, 0.5) is 0 Å². The van der Waals surface area contributed by atoms with Crippen molar-refractivity contribution < 1.29 is 9.59 Å². The first-order valence-corrected chi connectivity index (χ1v) is 11.5. The summed E-state index contributed by atoms with van der Waals surface area (Å²) in [6.07, 6.45) is 4.45. The number of hydrogen-bond acceptors (Lipinski definition) is 3. The Bertz CT molecular complexity index is 921. The third-order valence-corrected chi connectivity index (χ3v) is 6.71. The predicted molar refractivity (Wildman–Crippen MR) is 123 cm³/mol. The highest BCUT2D eigenvalue weighted by Crippen LogP contribution is 2.36. The quantitative estimate of drug-likeness (QED) is 0.658. The van der Waals surface area contributed by atoms with Crippen LogP contribution in [0, 0.1) is 0 Å². The van der Waals surface area contributed by atoms with Crippen LogP contribution in [0.25, 0.3) is 0 Å². The molecule has 2 saturated heterocycles. The Labute approximate surface area is 193 Å². The number of halogens is 2. The predicted octanol–water partition coefficient (Wildman–Crippen LogP) is 3.96. The molecular weight excluding hydrogens is 433 g/mol. The fourth-order valence-electron chi connectivity index (χ4n) is 4.80.